The van der Waals surface area contributed by atoms with Crippen LogP contribution in [0.25, 0.3) is 0 Å². The summed E-state index contributed by atoms with van der Waals surface area (Å²) in [4.78, 5) is 7.58. The summed E-state index contributed by atoms with van der Waals surface area (Å²) in [6.45, 7) is -0.175. The van der Waals surface area contributed by atoms with Gasteiger partial charge >= 0.3 is 0 Å². The summed E-state index contributed by atoms with van der Waals surface area (Å²) in [5.41, 5.74) is 0.968. The molecule has 0 fully saturated rings. The highest BCUT2D eigenvalue weighted by atomic mass is 32.2. The Labute approximate surface area is 104 Å². The number of nitrogens with zero attached hydrogens (tertiary/aromatic N) is 2. The fourth-order valence-electron chi connectivity index (χ4n) is 1.29. The summed E-state index contributed by atoms with van der Waals surface area (Å²) in [5.74, 6) is 0. The van der Waals surface area contributed by atoms with Crippen LogP contribution in [0.5, 0.6) is 0 Å². The van der Waals surface area contributed by atoms with Crippen molar-refractivity contribution in [3.8, 4) is 0 Å². The Kier molecular flexibility index (Phi) is 3.54. The number of sulfonamides is 1. The van der Waals surface area contributed by atoms with Gasteiger partial charge in [-0.05, 0) is 23.8 Å². The van der Waals surface area contributed by atoms with Crippen LogP contribution in [-0.2, 0) is 16.6 Å². The second-order valence-electron chi connectivity index (χ2n) is 3.50. The number of hydrogen-bond acceptors (Lipinski definition) is 5. The van der Waals surface area contributed by atoms with Crippen LogP contribution in [0.1, 0.15) is 5.56 Å². The van der Waals surface area contributed by atoms with E-state index in [0.717, 1.165) is 0 Å². The van der Waals surface area contributed by atoms with E-state index in [-0.39, 0.29) is 11.6 Å². The van der Waals surface area contributed by atoms with Gasteiger partial charge in [0.25, 0.3) is 10.0 Å². The zero-order chi connectivity index (χ0) is 13.0. The number of hydrogen-bond donors (Lipinski definition) is 2. The summed E-state index contributed by atoms with van der Waals surface area (Å²) >= 11 is 0. The van der Waals surface area contributed by atoms with Crippen LogP contribution in [0.3, 0.4) is 0 Å². The van der Waals surface area contributed by atoms with Crippen molar-refractivity contribution in [2.75, 3.05) is 4.72 Å². The van der Waals surface area contributed by atoms with Crippen molar-refractivity contribution in [1.29, 1.82) is 0 Å². The van der Waals surface area contributed by atoms with Gasteiger partial charge in [0, 0.05) is 18.6 Å². The van der Waals surface area contributed by atoms with Gasteiger partial charge in [0.05, 0.1) is 12.3 Å². The van der Waals surface area contributed by atoms with Crippen molar-refractivity contribution >= 4 is 15.7 Å². The largest absolute Gasteiger partial charge is 0.392 e. The van der Waals surface area contributed by atoms with Crippen molar-refractivity contribution < 1.29 is 13.5 Å². The Balaban J connectivity index is 2.25. The molecule has 0 bridgehead atoms. The highest BCUT2D eigenvalue weighted by Gasteiger charge is 2.15. The summed E-state index contributed by atoms with van der Waals surface area (Å²) < 4.78 is 26.3. The van der Waals surface area contributed by atoms with E-state index < -0.39 is 10.0 Å². The first-order valence-electron chi connectivity index (χ1n) is 5.10. The Morgan fingerprint density at radius 2 is 1.89 bits per heavy atom. The standard InChI is InChI=1S/C11H11N3O3S/c15-8-9-1-2-11(13-7-9)18(16,17)14-10-3-5-12-6-4-10/h1-7,15H,8H2,(H,12,14). The lowest BCUT2D eigenvalue weighted by molar-refractivity contribution is 0.281. The fraction of sp³-hybridized carbons (Fsp3) is 0.0909. The van der Waals surface area contributed by atoms with Crippen LogP contribution in [0.4, 0.5) is 5.69 Å². The van der Waals surface area contributed by atoms with Gasteiger partial charge in [-0.3, -0.25) is 9.71 Å². The Morgan fingerprint density at radius 3 is 2.44 bits per heavy atom. The van der Waals surface area contributed by atoms with E-state index in [1.807, 2.05) is 0 Å². The predicted molar refractivity (Wildman–Crippen MR) is 65.2 cm³/mol. The molecule has 2 N–H and O–H groups in total. The Morgan fingerprint density at radius 1 is 1.17 bits per heavy atom. The highest BCUT2D eigenvalue weighted by Crippen LogP contribution is 2.13. The molecule has 0 spiro atoms. The lowest BCUT2D eigenvalue weighted by atomic mass is 10.3. The number of aliphatic hydroxyl groups excluding tert-OH is 1. The SMILES string of the molecule is O=S(=O)(Nc1ccncc1)c1ccc(CO)cn1. The third-order valence-electron chi connectivity index (χ3n) is 2.19. The summed E-state index contributed by atoms with van der Waals surface area (Å²) in [6.07, 6.45) is 4.29. The second-order valence-corrected chi connectivity index (χ2v) is 5.13. The molecule has 0 aromatic carbocycles. The van der Waals surface area contributed by atoms with Gasteiger partial charge < -0.3 is 5.11 Å². The first-order valence-corrected chi connectivity index (χ1v) is 6.59. The third-order valence-corrected chi connectivity index (χ3v) is 3.48. The molecule has 18 heavy (non-hydrogen) atoms. The number of pyridine rings is 2. The lowest BCUT2D eigenvalue weighted by Gasteiger charge is -2.07. The molecule has 0 aliphatic rings. The van der Waals surface area contributed by atoms with E-state index in [0.29, 0.717) is 11.3 Å². The average Bonchev–Trinajstić information content (AvgIpc) is 2.39. The molecule has 0 aliphatic heterocycles. The van der Waals surface area contributed by atoms with Gasteiger partial charge in [-0.25, -0.2) is 4.98 Å². The molecule has 2 rings (SSSR count). The van der Waals surface area contributed by atoms with Crippen molar-refractivity contribution in [1.82, 2.24) is 9.97 Å². The molecule has 6 nitrogen and oxygen atoms in total. The molecule has 94 valence electrons. The highest BCUT2D eigenvalue weighted by molar-refractivity contribution is 7.92. The number of anilines is 1. The summed E-state index contributed by atoms with van der Waals surface area (Å²) in [6, 6.07) is 5.93. The maximum Gasteiger partial charge on any atom is 0.279 e. The lowest BCUT2D eigenvalue weighted by Crippen LogP contribution is -2.14. The van der Waals surface area contributed by atoms with Gasteiger partial charge in [0.15, 0.2) is 5.03 Å². The molecule has 0 saturated heterocycles. The molecule has 2 aromatic rings. The predicted octanol–water partition coefficient (Wildman–Crippen LogP) is 0.770. The smallest absolute Gasteiger partial charge is 0.279 e. The van der Waals surface area contributed by atoms with E-state index in [2.05, 4.69) is 14.7 Å². The van der Waals surface area contributed by atoms with Gasteiger partial charge in [-0.2, -0.15) is 8.42 Å². The molecule has 0 atom stereocenters. The fourth-order valence-corrected chi connectivity index (χ4v) is 2.28. The topological polar surface area (TPSA) is 92.2 Å². The zero-order valence-electron chi connectivity index (χ0n) is 9.31. The molecule has 0 unspecified atom stereocenters. The van der Waals surface area contributed by atoms with E-state index in [9.17, 15) is 8.42 Å². The minimum Gasteiger partial charge on any atom is -0.392 e. The molecular weight excluding hydrogens is 254 g/mol. The van der Waals surface area contributed by atoms with Gasteiger partial charge in [0.2, 0.25) is 0 Å². The maximum atomic E-state index is 11.9. The molecule has 2 heterocycles. The zero-order valence-corrected chi connectivity index (χ0v) is 10.1. The number of aliphatic hydroxyl groups is 1. The minimum absolute atomic E-state index is 0.100. The van der Waals surface area contributed by atoms with Gasteiger partial charge in [-0.1, -0.05) is 6.07 Å². The first kappa shape index (κ1) is 12.5. The normalized spacial score (nSPS) is 11.2. The van der Waals surface area contributed by atoms with Crippen molar-refractivity contribution in [3.63, 3.8) is 0 Å². The minimum atomic E-state index is -3.71. The molecule has 0 aliphatic carbocycles. The van der Waals surface area contributed by atoms with Gasteiger partial charge in [-0.15, -0.1) is 0 Å². The third kappa shape index (κ3) is 2.82. The van der Waals surface area contributed by atoms with Crippen LogP contribution in [-0.4, -0.2) is 23.5 Å². The molecule has 0 saturated carbocycles. The van der Waals surface area contributed by atoms with Crippen LogP contribution < -0.4 is 4.72 Å². The van der Waals surface area contributed by atoms with Crippen molar-refractivity contribution in [3.05, 3.63) is 48.4 Å². The molecular formula is C11H11N3O3S. The van der Waals surface area contributed by atoms with Crippen LogP contribution in [0.2, 0.25) is 0 Å². The van der Waals surface area contributed by atoms with Crippen molar-refractivity contribution in [2.45, 2.75) is 11.6 Å². The summed E-state index contributed by atoms with van der Waals surface area (Å²) in [7, 11) is -3.71. The second kappa shape index (κ2) is 5.11. The van der Waals surface area contributed by atoms with Crippen LogP contribution >= 0.6 is 0 Å². The summed E-state index contributed by atoms with van der Waals surface area (Å²) in [5, 5.41) is 8.75. The Bertz CT molecular complexity index is 612. The maximum absolute atomic E-state index is 11.9. The number of nitrogens with one attached hydrogen (secondary N) is 1. The molecule has 0 amide bonds. The average molecular weight is 265 g/mol. The first-order chi connectivity index (χ1) is 8.62. The van der Waals surface area contributed by atoms with Crippen molar-refractivity contribution in [2.24, 2.45) is 0 Å². The number of aromatic nitrogens is 2. The number of rotatable bonds is 4. The Hall–Kier alpha value is -1.99. The van der Waals surface area contributed by atoms with E-state index in [4.69, 9.17) is 5.11 Å². The van der Waals surface area contributed by atoms with E-state index >= 15 is 0 Å². The van der Waals surface area contributed by atoms with Gasteiger partial charge in [0.1, 0.15) is 0 Å². The van der Waals surface area contributed by atoms with E-state index in [1.54, 1.807) is 12.1 Å². The van der Waals surface area contributed by atoms with Crippen LogP contribution in [0, 0.1) is 0 Å². The van der Waals surface area contributed by atoms with Crippen LogP contribution in [0.15, 0.2) is 47.9 Å². The molecule has 7 heteroatoms. The van der Waals surface area contributed by atoms with E-state index in [1.165, 1.54) is 30.7 Å². The quantitative estimate of drug-likeness (QED) is 0.851. The monoisotopic (exact) mass is 265 g/mol. The molecule has 2 aromatic heterocycles. The molecule has 0 radical (unpaired) electrons.